The Balaban J connectivity index is 1.97. The highest BCUT2D eigenvalue weighted by molar-refractivity contribution is 7.89. The molecule has 1 fully saturated rings. The number of ether oxygens (including phenoxy) is 2. The van der Waals surface area contributed by atoms with Crippen LogP contribution in [0.5, 0.6) is 11.5 Å². The molecule has 1 aliphatic rings. The van der Waals surface area contributed by atoms with Gasteiger partial charge in [0.2, 0.25) is 10.0 Å². The van der Waals surface area contributed by atoms with Crippen molar-refractivity contribution in [1.82, 2.24) is 14.6 Å². The lowest BCUT2D eigenvalue weighted by molar-refractivity contribution is 0.270. The first-order chi connectivity index (χ1) is 13.1. The monoisotopic (exact) mass is 391 g/mol. The average molecular weight is 391 g/mol. The van der Waals surface area contributed by atoms with Crippen LogP contribution in [0.25, 0.3) is 0 Å². The Labute approximate surface area is 160 Å². The summed E-state index contributed by atoms with van der Waals surface area (Å²) in [6.07, 6.45) is 3.39. The summed E-state index contributed by atoms with van der Waals surface area (Å²) < 4.78 is 39.4. The molecule has 0 aliphatic carbocycles. The van der Waals surface area contributed by atoms with E-state index in [4.69, 9.17) is 9.47 Å². The van der Waals surface area contributed by atoms with Gasteiger partial charge in [0.15, 0.2) is 11.5 Å². The Bertz CT molecular complexity index is 859. The Kier molecular flexibility index (Phi) is 6.30. The lowest BCUT2D eigenvalue weighted by Gasteiger charge is -2.35. The van der Waals surface area contributed by atoms with E-state index < -0.39 is 10.0 Å². The number of sulfonamides is 1. The van der Waals surface area contributed by atoms with Crippen molar-refractivity contribution in [2.45, 2.75) is 24.8 Å². The second kappa shape index (κ2) is 8.69. The lowest BCUT2D eigenvalue weighted by atomic mass is 10.1. The third kappa shape index (κ3) is 4.23. The van der Waals surface area contributed by atoms with E-state index in [1.807, 2.05) is 26.0 Å². The lowest BCUT2D eigenvalue weighted by Crippen LogP contribution is -2.48. The zero-order valence-electron chi connectivity index (χ0n) is 15.6. The molecule has 0 spiro atoms. The molecular weight excluding hydrogens is 366 g/mol. The van der Waals surface area contributed by atoms with Gasteiger partial charge in [-0.05, 0) is 37.6 Å². The summed E-state index contributed by atoms with van der Waals surface area (Å²) in [6, 6.07) is 8.19. The highest BCUT2D eigenvalue weighted by Crippen LogP contribution is 2.34. The number of hydrogen-bond acceptors (Lipinski definition) is 6. The zero-order valence-corrected chi connectivity index (χ0v) is 16.4. The van der Waals surface area contributed by atoms with Crippen LogP contribution in [0, 0.1) is 0 Å². The van der Waals surface area contributed by atoms with Crippen LogP contribution in [0.2, 0.25) is 0 Å². The summed E-state index contributed by atoms with van der Waals surface area (Å²) in [6.45, 7) is 6.17. The van der Waals surface area contributed by atoms with Gasteiger partial charge in [-0.15, -0.1) is 0 Å². The van der Waals surface area contributed by atoms with Crippen LogP contribution in [0.15, 0.2) is 47.6 Å². The van der Waals surface area contributed by atoms with Gasteiger partial charge in [0.25, 0.3) is 0 Å². The van der Waals surface area contributed by atoms with Crippen LogP contribution < -0.4 is 14.8 Å². The van der Waals surface area contributed by atoms with Crippen molar-refractivity contribution in [2.75, 3.05) is 32.8 Å². The van der Waals surface area contributed by atoms with Gasteiger partial charge in [0.1, 0.15) is 0 Å². The van der Waals surface area contributed by atoms with E-state index in [-0.39, 0.29) is 10.9 Å². The molecule has 1 unspecified atom stereocenters. The summed E-state index contributed by atoms with van der Waals surface area (Å²) in [4.78, 5) is 4.33. The minimum absolute atomic E-state index is 0.199. The van der Waals surface area contributed by atoms with Gasteiger partial charge >= 0.3 is 0 Å². The summed E-state index contributed by atoms with van der Waals surface area (Å²) in [5, 5.41) is 3.27. The first-order valence-electron chi connectivity index (χ1n) is 9.10. The molecule has 0 saturated carbocycles. The summed E-state index contributed by atoms with van der Waals surface area (Å²) in [5.41, 5.74) is 0.865. The Hall–Kier alpha value is -2.16. The van der Waals surface area contributed by atoms with Gasteiger partial charge in [-0.2, -0.15) is 4.31 Å². The van der Waals surface area contributed by atoms with Gasteiger partial charge in [-0.1, -0.05) is 6.07 Å². The highest BCUT2D eigenvalue weighted by atomic mass is 32.2. The minimum Gasteiger partial charge on any atom is -0.490 e. The number of piperazine rings is 1. The molecular formula is C19H25N3O4S. The Morgan fingerprint density at radius 3 is 2.67 bits per heavy atom. The number of hydrogen-bond donors (Lipinski definition) is 1. The molecule has 7 nitrogen and oxygen atoms in total. The fourth-order valence-electron chi connectivity index (χ4n) is 3.16. The molecule has 2 aromatic rings. The molecule has 8 heteroatoms. The van der Waals surface area contributed by atoms with Gasteiger partial charge in [-0.25, -0.2) is 8.42 Å². The molecule has 27 heavy (non-hydrogen) atoms. The van der Waals surface area contributed by atoms with Crippen molar-refractivity contribution < 1.29 is 17.9 Å². The molecule has 0 amide bonds. The number of rotatable bonds is 7. The van der Waals surface area contributed by atoms with E-state index in [1.54, 1.807) is 30.6 Å². The van der Waals surface area contributed by atoms with E-state index in [9.17, 15) is 8.42 Å². The molecule has 2 heterocycles. The van der Waals surface area contributed by atoms with Crippen molar-refractivity contribution >= 4 is 10.0 Å². The van der Waals surface area contributed by atoms with Gasteiger partial charge < -0.3 is 14.8 Å². The van der Waals surface area contributed by atoms with Gasteiger partial charge in [0, 0.05) is 38.1 Å². The normalized spacial score (nSPS) is 18.2. The van der Waals surface area contributed by atoms with E-state index >= 15 is 0 Å². The molecule has 146 valence electrons. The van der Waals surface area contributed by atoms with Crippen molar-refractivity contribution in [2.24, 2.45) is 0 Å². The molecule has 1 N–H and O–H groups in total. The van der Waals surface area contributed by atoms with Crippen molar-refractivity contribution in [1.29, 1.82) is 0 Å². The predicted molar refractivity (Wildman–Crippen MR) is 103 cm³/mol. The summed E-state index contributed by atoms with van der Waals surface area (Å²) in [5.74, 6) is 0.982. The molecule has 1 atom stereocenters. The van der Waals surface area contributed by atoms with Crippen LogP contribution in [-0.4, -0.2) is 50.6 Å². The highest BCUT2D eigenvalue weighted by Gasteiger charge is 2.35. The van der Waals surface area contributed by atoms with Crippen molar-refractivity contribution in [3.63, 3.8) is 0 Å². The minimum atomic E-state index is -3.70. The molecule has 0 bridgehead atoms. The maximum atomic E-state index is 13.4. The van der Waals surface area contributed by atoms with E-state index in [1.165, 1.54) is 4.31 Å². The number of nitrogens with one attached hydrogen (secondary N) is 1. The standard InChI is InChI=1S/C19H25N3O4S/c1-3-25-18-8-7-16(12-19(18)26-4-2)27(23,24)22-11-10-21-14-17(22)15-6-5-9-20-13-15/h5-9,12-13,17,21H,3-4,10-11,14H2,1-2H3. The first-order valence-corrected chi connectivity index (χ1v) is 10.5. The fourth-order valence-corrected chi connectivity index (χ4v) is 4.79. The average Bonchev–Trinajstić information content (AvgIpc) is 2.70. The van der Waals surface area contributed by atoms with Crippen LogP contribution >= 0.6 is 0 Å². The van der Waals surface area contributed by atoms with Gasteiger partial charge in [-0.3, -0.25) is 4.98 Å². The molecule has 0 radical (unpaired) electrons. The maximum absolute atomic E-state index is 13.4. The number of aromatic nitrogens is 1. The third-order valence-electron chi connectivity index (χ3n) is 4.38. The fraction of sp³-hybridized carbons (Fsp3) is 0.421. The Morgan fingerprint density at radius 2 is 1.96 bits per heavy atom. The quantitative estimate of drug-likeness (QED) is 0.779. The molecule has 1 aromatic carbocycles. The predicted octanol–water partition coefficient (Wildman–Crippen LogP) is 2.21. The SMILES string of the molecule is CCOc1ccc(S(=O)(=O)N2CCNCC2c2cccnc2)cc1OCC. The zero-order chi connectivity index (χ0) is 19.3. The summed E-state index contributed by atoms with van der Waals surface area (Å²) >= 11 is 0. The van der Waals surface area contributed by atoms with Crippen molar-refractivity contribution in [3.8, 4) is 11.5 Å². The van der Waals surface area contributed by atoms with Crippen LogP contribution in [0.3, 0.4) is 0 Å². The van der Waals surface area contributed by atoms with Crippen LogP contribution in [0.4, 0.5) is 0 Å². The largest absolute Gasteiger partial charge is 0.490 e. The van der Waals surface area contributed by atoms with E-state index in [0.29, 0.717) is 44.3 Å². The van der Waals surface area contributed by atoms with E-state index in [2.05, 4.69) is 10.3 Å². The van der Waals surface area contributed by atoms with Gasteiger partial charge in [0.05, 0.1) is 24.2 Å². The second-order valence-electron chi connectivity index (χ2n) is 6.10. The van der Waals surface area contributed by atoms with Crippen LogP contribution in [-0.2, 0) is 10.0 Å². The molecule has 3 rings (SSSR count). The maximum Gasteiger partial charge on any atom is 0.243 e. The van der Waals surface area contributed by atoms with Crippen LogP contribution in [0.1, 0.15) is 25.5 Å². The topological polar surface area (TPSA) is 80.8 Å². The molecule has 1 aromatic heterocycles. The molecule has 1 saturated heterocycles. The Morgan fingerprint density at radius 1 is 1.19 bits per heavy atom. The number of benzene rings is 1. The first kappa shape index (κ1) is 19.6. The summed E-state index contributed by atoms with van der Waals surface area (Å²) in [7, 11) is -3.70. The third-order valence-corrected chi connectivity index (χ3v) is 6.29. The van der Waals surface area contributed by atoms with Crippen molar-refractivity contribution in [3.05, 3.63) is 48.3 Å². The van der Waals surface area contributed by atoms with E-state index in [0.717, 1.165) is 5.56 Å². The smallest absolute Gasteiger partial charge is 0.243 e. The molecule has 1 aliphatic heterocycles. The number of pyridine rings is 1. The second-order valence-corrected chi connectivity index (χ2v) is 7.99. The number of nitrogens with zero attached hydrogens (tertiary/aromatic N) is 2.